The minimum Gasteiger partial charge on any atom is -0.444 e. The molecular weight excluding hydrogens is 459 g/mol. The van der Waals surface area contributed by atoms with Gasteiger partial charge in [0.15, 0.2) is 11.8 Å². The molecule has 2 aliphatic heterocycles. The predicted octanol–water partition coefficient (Wildman–Crippen LogP) is 3.66. The highest BCUT2D eigenvalue weighted by Crippen LogP contribution is 2.43. The molecule has 1 fully saturated rings. The van der Waals surface area contributed by atoms with Gasteiger partial charge in [0.05, 0.1) is 4.92 Å². The second-order valence-corrected chi connectivity index (χ2v) is 9.43. The molecular formula is C21H24F3N5O5. The molecule has 0 N–H and O–H groups in total. The third-order valence-electron chi connectivity index (χ3n) is 5.87. The van der Waals surface area contributed by atoms with Crippen molar-refractivity contribution >= 4 is 34.3 Å². The van der Waals surface area contributed by atoms with Gasteiger partial charge in [0.2, 0.25) is 0 Å². The standard InChI is InChI=1S/C21H24F3N5O5/c1-20(2,3)34-19(31)26-9-7-12(8-10-26)28-17(21(22,23)24)15(30)11-27-18(28)16-13(25-27)5-4-6-14(16)29(32)33/h4-6,12,17H,7-11H2,1-3H3. The highest BCUT2D eigenvalue weighted by atomic mass is 19.4. The van der Waals surface area contributed by atoms with Gasteiger partial charge in [0.1, 0.15) is 28.9 Å². The van der Waals surface area contributed by atoms with Crippen molar-refractivity contribution in [3.8, 4) is 0 Å². The number of amides is 1. The summed E-state index contributed by atoms with van der Waals surface area (Å²) in [6.07, 6.45) is -5.23. The number of halogens is 3. The van der Waals surface area contributed by atoms with Gasteiger partial charge in [0.25, 0.3) is 5.69 Å². The molecule has 0 saturated carbocycles. The molecule has 0 bridgehead atoms. The van der Waals surface area contributed by atoms with E-state index in [0.29, 0.717) is 0 Å². The van der Waals surface area contributed by atoms with Crippen molar-refractivity contribution in [3.05, 3.63) is 28.3 Å². The Labute approximate surface area is 192 Å². The minimum atomic E-state index is -4.90. The highest BCUT2D eigenvalue weighted by Gasteiger charge is 2.54. The number of hydrogen-bond donors (Lipinski definition) is 0. The van der Waals surface area contributed by atoms with Crippen LogP contribution < -0.4 is 4.90 Å². The number of Topliss-reactive ketones (excluding diaryl/α,β-unsaturated/α-hetero) is 1. The Morgan fingerprint density at radius 3 is 2.41 bits per heavy atom. The molecule has 13 heteroatoms. The number of non-ortho nitro benzene ring substituents is 1. The van der Waals surface area contributed by atoms with Crippen LogP contribution in [-0.2, 0) is 16.1 Å². The molecule has 184 valence electrons. The van der Waals surface area contributed by atoms with Crippen molar-refractivity contribution in [1.82, 2.24) is 14.7 Å². The van der Waals surface area contributed by atoms with Crippen molar-refractivity contribution in [2.24, 2.45) is 0 Å². The fourth-order valence-corrected chi connectivity index (χ4v) is 4.56. The second-order valence-electron chi connectivity index (χ2n) is 9.43. The number of piperidine rings is 1. The summed E-state index contributed by atoms with van der Waals surface area (Å²) in [4.78, 5) is 38.4. The number of nitro benzene ring substituents is 1. The van der Waals surface area contributed by atoms with Gasteiger partial charge < -0.3 is 14.5 Å². The Balaban J connectivity index is 1.75. The number of ketones is 1. The zero-order valence-electron chi connectivity index (χ0n) is 18.8. The first-order valence-corrected chi connectivity index (χ1v) is 10.8. The van der Waals surface area contributed by atoms with Crippen LogP contribution in [0.25, 0.3) is 10.9 Å². The predicted molar refractivity (Wildman–Crippen MR) is 115 cm³/mol. The summed E-state index contributed by atoms with van der Waals surface area (Å²) in [6.45, 7) is 4.73. The van der Waals surface area contributed by atoms with Crippen molar-refractivity contribution in [3.63, 3.8) is 0 Å². The van der Waals surface area contributed by atoms with Crippen LogP contribution in [-0.4, -0.2) is 68.4 Å². The Morgan fingerprint density at radius 1 is 1.21 bits per heavy atom. The number of nitrogens with zero attached hydrogens (tertiary/aromatic N) is 5. The van der Waals surface area contributed by atoms with E-state index >= 15 is 0 Å². The highest BCUT2D eigenvalue weighted by molar-refractivity contribution is 6.02. The number of aromatic nitrogens is 2. The average Bonchev–Trinajstić information content (AvgIpc) is 3.08. The third-order valence-corrected chi connectivity index (χ3v) is 5.87. The number of carbonyl (C=O) groups excluding carboxylic acids is 2. The number of carbonyl (C=O) groups is 2. The van der Waals surface area contributed by atoms with Crippen LogP contribution in [0, 0.1) is 10.1 Å². The van der Waals surface area contributed by atoms with Crippen molar-refractivity contribution in [2.45, 2.75) is 64.0 Å². The molecule has 1 aromatic heterocycles. The van der Waals surface area contributed by atoms with Crippen LogP contribution in [0.5, 0.6) is 0 Å². The van der Waals surface area contributed by atoms with Gasteiger partial charge in [-0.05, 0) is 39.7 Å². The summed E-state index contributed by atoms with van der Waals surface area (Å²) < 4.78 is 48.9. The van der Waals surface area contributed by atoms with Crippen molar-refractivity contribution in [1.29, 1.82) is 0 Å². The summed E-state index contributed by atoms with van der Waals surface area (Å²) in [5, 5.41) is 15.8. The monoisotopic (exact) mass is 483 g/mol. The van der Waals surface area contributed by atoms with Crippen LogP contribution in [0.4, 0.5) is 29.5 Å². The van der Waals surface area contributed by atoms with E-state index in [1.165, 1.54) is 23.1 Å². The van der Waals surface area contributed by atoms with E-state index in [4.69, 9.17) is 4.74 Å². The number of fused-ring (bicyclic) bond motifs is 3. The summed E-state index contributed by atoms with van der Waals surface area (Å²) in [5.74, 6) is -1.19. The molecule has 1 atom stereocenters. The summed E-state index contributed by atoms with van der Waals surface area (Å²) in [5.41, 5.74) is -0.972. The van der Waals surface area contributed by atoms with Gasteiger partial charge in [0, 0.05) is 25.2 Å². The fourth-order valence-electron chi connectivity index (χ4n) is 4.56. The summed E-state index contributed by atoms with van der Waals surface area (Å²) >= 11 is 0. The molecule has 1 aromatic carbocycles. The van der Waals surface area contributed by atoms with Crippen LogP contribution in [0.1, 0.15) is 33.6 Å². The van der Waals surface area contributed by atoms with Crippen LogP contribution in [0.15, 0.2) is 18.2 Å². The zero-order chi connectivity index (χ0) is 25.0. The first kappa shape index (κ1) is 23.8. The molecule has 0 spiro atoms. The smallest absolute Gasteiger partial charge is 0.416 e. The summed E-state index contributed by atoms with van der Waals surface area (Å²) in [6, 6.07) is 0.800. The summed E-state index contributed by atoms with van der Waals surface area (Å²) in [7, 11) is 0. The van der Waals surface area contributed by atoms with Crippen LogP contribution in [0.3, 0.4) is 0 Å². The van der Waals surface area contributed by atoms with E-state index in [2.05, 4.69) is 5.10 Å². The zero-order valence-corrected chi connectivity index (χ0v) is 18.8. The van der Waals surface area contributed by atoms with Crippen LogP contribution >= 0.6 is 0 Å². The molecule has 4 rings (SSSR count). The van der Waals surface area contributed by atoms with Crippen LogP contribution in [0.2, 0.25) is 0 Å². The first-order chi connectivity index (χ1) is 15.8. The lowest BCUT2D eigenvalue weighted by Gasteiger charge is -2.45. The van der Waals surface area contributed by atoms with Gasteiger partial charge in [-0.1, -0.05) is 6.07 Å². The number of hydrogen-bond acceptors (Lipinski definition) is 7. The number of benzene rings is 1. The normalized spacial score (nSPS) is 19.9. The molecule has 0 radical (unpaired) electrons. The molecule has 1 unspecified atom stereocenters. The maximum atomic E-state index is 14.1. The fraction of sp³-hybridized carbons (Fsp3) is 0.571. The number of alkyl halides is 3. The maximum Gasteiger partial charge on any atom is 0.416 e. The largest absolute Gasteiger partial charge is 0.444 e. The molecule has 2 aliphatic rings. The third kappa shape index (κ3) is 4.26. The van der Waals surface area contributed by atoms with Gasteiger partial charge in [-0.3, -0.25) is 14.9 Å². The van der Waals surface area contributed by atoms with E-state index in [-0.39, 0.29) is 48.3 Å². The lowest BCUT2D eigenvalue weighted by atomic mass is 9.97. The average molecular weight is 483 g/mol. The minimum absolute atomic E-state index is 0.0381. The van der Waals surface area contributed by atoms with Gasteiger partial charge >= 0.3 is 12.3 Å². The number of likely N-dealkylation sites (tertiary alicyclic amines) is 1. The number of anilines is 1. The first-order valence-electron chi connectivity index (χ1n) is 10.8. The lowest BCUT2D eigenvalue weighted by Crippen LogP contribution is -2.61. The van der Waals surface area contributed by atoms with Gasteiger partial charge in [-0.2, -0.15) is 18.3 Å². The topological polar surface area (TPSA) is 111 Å². The molecule has 1 amide bonds. The number of ether oxygens (including phenoxy) is 1. The second kappa shape index (κ2) is 8.13. The number of nitro groups is 1. The SMILES string of the molecule is CC(C)(C)OC(=O)N1CCC(N2c3c4c([N+](=O)[O-])cccc4nn3CC(=O)C2C(F)(F)F)CC1. The van der Waals surface area contributed by atoms with E-state index in [9.17, 15) is 32.9 Å². The molecule has 3 heterocycles. The lowest BCUT2D eigenvalue weighted by molar-refractivity contribution is -0.383. The Kier molecular flexibility index (Phi) is 5.68. The molecule has 0 aliphatic carbocycles. The molecule has 10 nitrogen and oxygen atoms in total. The van der Waals surface area contributed by atoms with Crippen molar-refractivity contribution in [2.75, 3.05) is 18.0 Å². The molecule has 2 aromatic rings. The Bertz CT molecular complexity index is 1150. The van der Waals surface area contributed by atoms with E-state index in [1.54, 1.807) is 20.8 Å². The van der Waals surface area contributed by atoms with E-state index in [0.717, 1.165) is 9.58 Å². The quantitative estimate of drug-likeness (QED) is 0.473. The van der Waals surface area contributed by atoms with Gasteiger partial charge in [-0.25, -0.2) is 9.48 Å². The van der Waals surface area contributed by atoms with E-state index < -0.39 is 47.2 Å². The van der Waals surface area contributed by atoms with Gasteiger partial charge in [-0.15, -0.1) is 0 Å². The Hall–Kier alpha value is -3.38. The number of rotatable bonds is 2. The molecule has 1 saturated heterocycles. The molecule has 34 heavy (non-hydrogen) atoms. The van der Waals surface area contributed by atoms with E-state index in [1.807, 2.05) is 0 Å². The van der Waals surface area contributed by atoms with Crippen molar-refractivity contribution < 1.29 is 32.4 Å². The Morgan fingerprint density at radius 2 is 1.85 bits per heavy atom. The maximum absolute atomic E-state index is 14.1.